The van der Waals surface area contributed by atoms with Gasteiger partial charge in [0.1, 0.15) is 4.47 Å². The van der Waals surface area contributed by atoms with Gasteiger partial charge in [0.25, 0.3) is 5.56 Å². The lowest BCUT2D eigenvalue weighted by Crippen LogP contribution is -2.37. The van der Waals surface area contributed by atoms with Crippen LogP contribution < -0.4 is 11.2 Å². The molecule has 0 radical (unpaired) electrons. The number of fused-ring (bicyclic) bond motifs is 1. The summed E-state index contributed by atoms with van der Waals surface area (Å²) >= 11 is 3.53. The van der Waals surface area contributed by atoms with E-state index in [-0.39, 0.29) is 17.3 Å². The summed E-state index contributed by atoms with van der Waals surface area (Å²) in [6, 6.07) is 17.7. The number of halogens is 1. The van der Waals surface area contributed by atoms with Crippen LogP contribution in [0.25, 0.3) is 16.7 Å². The number of imidazole rings is 1. The molecule has 0 atom stereocenters. The first-order chi connectivity index (χ1) is 15.0. The van der Waals surface area contributed by atoms with Gasteiger partial charge in [-0.05, 0) is 53.0 Å². The third-order valence-corrected chi connectivity index (χ3v) is 7.04. The number of H-pyrrole nitrogens is 1. The predicted octanol–water partition coefficient (Wildman–Crippen LogP) is 3.42. The van der Waals surface area contributed by atoms with Crippen molar-refractivity contribution in [1.29, 1.82) is 0 Å². The van der Waals surface area contributed by atoms with E-state index in [1.165, 1.54) is 0 Å². The molecule has 7 nitrogen and oxygen atoms in total. The van der Waals surface area contributed by atoms with Crippen molar-refractivity contribution in [2.45, 2.75) is 25.4 Å². The molecule has 160 valence electrons. The number of likely N-dealkylation sites (tertiary alicyclic amines) is 1. The number of aromatic nitrogens is 4. The van der Waals surface area contributed by atoms with Crippen LogP contribution in [0, 0.1) is 0 Å². The van der Waals surface area contributed by atoms with Crippen molar-refractivity contribution in [2.75, 3.05) is 13.1 Å². The van der Waals surface area contributed by atoms with Crippen LogP contribution in [-0.2, 0) is 13.6 Å². The number of hydrogen-bond donors (Lipinski definition) is 1. The smallest absolute Gasteiger partial charge is 0.306 e. The van der Waals surface area contributed by atoms with Gasteiger partial charge in [0.15, 0.2) is 0 Å². The van der Waals surface area contributed by atoms with Crippen LogP contribution in [-0.4, -0.2) is 36.9 Å². The van der Waals surface area contributed by atoms with E-state index >= 15 is 0 Å². The molecule has 0 bridgehead atoms. The molecule has 0 saturated carbocycles. The molecule has 5 rings (SSSR count). The molecule has 1 aliphatic heterocycles. The van der Waals surface area contributed by atoms with E-state index in [0.717, 1.165) is 48.3 Å². The summed E-state index contributed by atoms with van der Waals surface area (Å²) in [4.78, 5) is 30.7. The molecule has 1 N–H and O–H groups in total. The lowest BCUT2D eigenvalue weighted by Gasteiger charge is -2.32. The van der Waals surface area contributed by atoms with E-state index in [0.29, 0.717) is 11.0 Å². The normalized spacial score (nSPS) is 15.7. The lowest BCUT2D eigenvalue weighted by atomic mass is 10.0. The minimum absolute atomic E-state index is 0.0373. The number of rotatable bonds is 4. The van der Waals surface area contributed by atoms with Gasteiger partial charge in [0, 0.05) is 32.7 Å². The van der Waals surface area contributed by atoms with Crippen molar-refractivity contribution in [3.8, 4) is 5.69 Å². The molecule has 31 heavy (non-hydrogen) atoms. The zero-order chi connectivity index (χ0) is 21.5. The van der Waals surface area contributed by atoms with Crippen LogP contribution in [0.5, 0.6) is 0 Å². The van der Waals surface area contributed by atoms with Crippen LogP contribution in [0.3, 0.4) is 0 Å². The van der Waals surface area contributed by atoms with Crippen LogP contribution in [0.1, 0.15) is 24.6 Å². The summed E-state index contributed by atoms with van der Waals surface area (Å²) in [5, 5.41) is 0. The number of aromatic amines is 1. The Kier molecular flexibility index (Phi) is 5.19. The molecule has 4 aromatic rings. The SMILES string of the molecule is Cn1c(CN2CCC(n3c(=O)[nH]c4ccccc43)CC2)c(Br)c(=O)n1-c1ccccc1. The maximum Gasteiger partial charge on any atom is 0.326 e. The predicted molar refractivity (Wildman–Crippen MR) is 125 cm³/mol. The standard InChI is InChI=1S/C23H24BrN5O2/c1-26-20(21(24)22(30)29(26)17-7-3-2-4-8-17)15-27-13-11-16(12-14-27)28-19-10-6-5-9-18(19)25-23(28)31/h2-10,16H,11-15H2,1H3,(H,25,31). The van der Waals surface area contributed by atoms with E-state index in [9.17, 15) is 9.59 Å². The fraction of sp³-hybridized carbons (Fsp3) is 0.304. The first kappa shape index (κ1) is 20.1. The van der Waals surface area contributed by atoms with Gasteiger partial charge in [-0.2, -0.15) is 0 Å². The Balaban J connectivity index is 1.35. The highest BCUT2D eigenvalue weighted by molar-refractivity contribution is 9.10. The van der Waals surface area contributed by atoms with Crippen LogP contribution in [0.2, 0.25) is 0 Å². The van der Waals surface area contributed by atoms with Crippen LogP contribution in [0.4, 0.5) is 0 Å². The van der Waals surface area contributed by atoms with Crippen molar-refractivity contribution >= 4 is 27.0 Å². The Bertz CT molecular complexity index is 1340. The Labute approximate surface area is 187 Å². The monoisotopic (exact) mass is 481 g/mol. The fourth-order valence-electron chi connectivity index (χ4n) is 4.63. The summed E-state index contributed by atoms with van der Waals surface area (Å²) in [5.74, 6) is 0. The average molecular weight is 482 g/mol. The maximum atomic E-state index is 12.9. The first-order valence-corrected chi connectivity index (χ1v) is 11.3. The molecule has 0 unspecified atom stereocenters. The highest BCUT2D eigenvalue weighted by atomic mass is 79.9. The Morgan fingerprint density at radius 1 is 1.00 bits per heavy atom. The zero-order valence-corrected chi connectivity index (χ0v) is 18.9. The van der Waals surface area contributed by atoms with Crippen molar-refractivity contribution in [3.05, 3.63) is 85.6 Å². The summed E-state index contributed by atoms with van der Waals surface area (Å²) in [6.45, 7) is 2.42. The Hall–Kier alpha value is -2.84. The van der Waals surface area contributed by atoms with Crippen LogP contribution in [0.15, 0.2) is 68.7 Å². The Morgan fingerprint density at radius 2 is 1.68 bits per heavy atom. The van der Waals surface area contributed by atoms with E-state index in [1.54, 1.807) is 4.68 Å². The minimum Gasteiger partial charge on any atom is -0.306 e. The van der Waals surface area contributed by atoms with Gasteiger partial charge in [-0.1, -0.05) is 30.3 Å². The second-order valence-corrected chi connectivity index (χ2v) is 8.85. The van der Waals surface area contributed by atoms with Crippen LogP contribution >= 0.6 is 15.9 Å². The number of para-hydroxylation sites is 3. The Morgan fingerprint density at radius 3 is 2.42 bits per heavy atom. The third kappa shape index (κ3) is 3.49. The van der Waals surface area contributed by atoms with Gasteiger partial charge >= 0.3 is 5.69 Å². The van der Waals surface area contributed by atoms with Gasteiger partial charge in [0.05, 0.1) is 22.4 Å². The van der Waals surface area contributed by atoms with Crippen molar-refractivity contribution in [1.82, 2.24) is 23.8 Å². The quantitative estimate of drug-likeness (QED) is 0.485. The molecule has 1 aliphatic rings. The molecule has 1 fully saturated rings. The molecule has 2 aromatic heterocycles. The molecule has 1 saturated heterocycles. The van der Waals surface area contributed by atoms with Gasteiger partial charge in [-0.3, -0.25) is 18.9 Å². The second kappa shape index (κ2) is 8.01. The number of nitrogens with one attached hydrogen (secondary N) is 1. The van der Waals surface area contributed by atoms with Gasteiger partial charge in [0.2, 0.25) is 0 Å². The fourth-order valence-corrected chi connectivity index (χ4v) is 5.18. The number of benzene rings is 2. The van der Waals surface area contributed by atoms with Crippen molar-refractivity contribution < 1.29 is 0 Å². The highest BCUT2D eigenvalue weighted by Crippen LogP contribution is 2.26. The lowest BCUT2D eigenvalue weighted by molar-refractivity contribution is 0.175. The van der Waals surface area contributed by atoms with Gasteiger partial charge in [-0.25, -0.2) is 9.48 Å². The van der Waals surface area contributed by atoms with E-state index in [4.69, 9.17) is 0 Å². The maximum absolute atomic E-state index is 12.9. The number of nitrogens with zero attached hydrogens (tertiary/aromatic N) is 4. The summed E-state index contributed by atoms with van der Waals surface area (Å²) in [5.41, 5.74) is 3.57. The van der Waals surface area contributed by atoms with Crippen molar-refractivity contribution in [2.24, 2.45) is 7.05 Å². The summed E-state index contributed by atoms with van der Waals surface area (Å²) in [7, 11) is 1.92. The van der Waals surface area contributed by atoms with E-state index < -0.39 is 0 Å². The van der Waals surface area contributed by atoms with E-state index in [2.05, 4.69) is 25.8 Å². The molecule has 0 aliphatic carbocycles. The largest absolute Gasteiger partial charge is 0.326 e. The molecule has 0 spiro atoms. The van der Waals surface area contributed by atoms with Crippen molar-refractivity contribution in [3.63, 3.8) is 0 Å². The molecular formula is C23H24BrN5O2. The average Bonchev–Trinajstić information content (AvgIpc) is 3.23. The zero-order valence-electron chi connectivity index (χ0n) is 17.3. The molecule has 0 amide bonds. The highest BCUT2D eigenvalue weighted by Gasteiger charge is 2.26. The van der Waals surface area contributed by atoms with Gasteiger partial charge in [-0.15, -0.1) is 0 Å². The second-order valence-electron chi connectivity index (χ2n) is 8.06. The summed E-state index contributed by atoms with van der Waals surface area (Å²) in [6.07, 6.45) is 1.79. The topological polar surface area (TPSA) is 68.0 Å². The number of piperidine rings is 1. The minimum atomic E-state index is -0.0519. The molecule has 2 aromatic carbocycles. The number of hydrogen-bond acceptors (Lipinski definition) is 3. The molecular weight excluding hydrogens is 458 g/mol. The molecule has 8 heteroatoms. The van der Waals surface area contributed by atoms with E-state index in [1.807, 2.05) is 70.9 Å². The molecule has 3 heterocycles. The first-order valence-electron chi connectivity index (χ1n) is 10.5. The third-order valence-electron chi connectivity index (χ3n) is 6.24. The van der Waals surface area contributed by atoms with Gasteiger partial charge < -0.3 is 4.98 Å². The summed E-state index contributed by atoms with van der Waals surface area (Å²) < 4.78 is 6.13.